The maximum atomic E-state index is 13.5. The molecular formula is C17H16F4O. The van der Waals surface area contributed by atoms with Crippen molar-refractivity contribution < 1.29 is 22.3 Å². The van der Waals surface area contributed by atoms with Crippen LogP contribution in [0.1, 0.15) is 31.7 Å². The van der Waals surface area contributed by atoms with Gasteiger partial charge < -0.3 is 4.74 Å². The average Bonchev–Trinajstić information content (AvgIpc) is 2.51. The van der Waals surface area contributed by atoms with Gasteiger partial charge in [-0.25, -0.2) is 8.78 Å². The first-order valence-electron chi connectivity index (χ1n) is 7.12. The lowest BCUT2D eigenvalue weighted by Gasteiger charge is -2.09. The summed E-state index contributed by atoms with van der Waals surface area (Å²) in [5.74, 6) is -7.05. The molecule has 2 aromatic rings. The van der Waals surface area contributed by atoms with Crippen LogP contribution in [0.3, 0.4) is 0 Å². The molecule has 2 aromatic carbocycles. The third-order valence-electron chi connectivity index (χ3n) is 3.28. The summed E-state index contributed by atoms with van der Waals surface area (Å²) >= 11 is 0. The van der Waals surface area contributed by atoms with E-state index in [0.29, 0.717) is 0 Å². The molecule has 0 radical (unpaired) electrons. The minimum atomic E-state index is -1.55. The molecule has 0 aromatic heterocycles. The van der Waals surface area contributed by atoms with Gasteiger partial charge in [0.15, 0.2) is 11.6 Å². The van der Waals surface area contributed by atoms with Gasteiger partial charge >= 0.3 is 0 Å². The third kappa shape index (κ3) is 3.78. The fraction of sp³-hybridized carbons (Fsp3) is 0.294. The molecule has 118 valence electrons. The van der Waals surface area contributed by atoms with E-state index in [-0.39, 0.29) is 11.8 Å². The van der Waals surface area contributed by atoms with Gasteiger partial charge in [0.25, 0.3) is 0 Å². The first kappa shape index (κ1) is 16.3. The van der Waals surface area contributed by atoms with Gasteiger partial charge in [-0.05, 0) is 30.5 Å². The number of rotatable bonds is 6. The van der Waals surface area contributed by atoms with Crippen molar-refractivity contribution in [2.45, 2.75) is 32.6 Å². The van der Waals surface area contributed by atoms with E-state index >= 15 is 0 Å². The van der Waals surface area contributed by atoms with E-state index in [1.54, 1.807) is 12.1 Å². The molecule has 0 aliphatic rings. The zero-order valence-corrected chi connectivity index (χ0v) is 12.1. The molecule has 0 aliphatic carbocycles. The second-order valence-corrected chi connectivity index (χ2v) is 5.00. The second kappa shape index (κ2) is 7.29. The Hall–Kier alpha value is -2.04. The number of hydrogen-bond acceptors (Lipinski definition) is 1. The van der Waals surface area contributed by atoms with E-state index in [4.69, 9.17) is 4.74 Å². The summed E-state index contributed by atoms with van der Waals surface area (Å²) in [4.78, 5) is 0. The van der Waals surface area contributed by atoms with Gasteiger partial charge in [0.05, 0.1) is 0 Å². The quantitative estimate of drug-likeness (QED) is 0.374. The van der Waals surface area contributed by atoms with Gasteiger partial charge in [-0.2, -0.15) is 8.78 Å². The maximum absolute atomic E-state index is 13.5. The molecule has 0 heterocycles. The second-order valence-electron chi connectivity index (χ2n) is 5.00. The lowest BCUT2D eigenvalue weighted by Crippen LogP contribution is -1.99. The van der Waals surface area contributed by atoms with E-state index in [0.717, 1.165) is 31.2 Å². The standard InChI is InChI=1S/C17H16F4O/c1-2-3-4-5-11-6-8-12(9-7-11)22-17-15(20)13(18)10-14(19)16(17)21/h6-10H,2-5H2,1H3. The molecule has 0 N–H and O–H groups in total. The van der Waals surface area contributed by atoms with Crippen molar-refractivity contribution >= 4 is 0 Å². The molecule has 2 rings (SSSR count). The van der Waals surface area contributed by atoms with E-state index < -0.39 is 29.0 Å². The van der Waals surface area contributed by atoms with Crippen LogP contribution in [-0.4, -0.2) is 0 Å². The lowest BCUT2D eigenvalue weighted by molar-refractivity contribution is 0.366. The highest BCUT2D eigenvalue weighted by Gasteiger charge is 2.21. The van der Waals surface area contributed by atoms with Crippen LogP contribution in [0.25, 0.3) is 0 Å². The van der Waals surface area contributed by atoms with Gasteiger partial charge in [-0.1, -0.05) is 31.9 Å². The molecule has 0 bridgehead atoms. The Morgan fingerprint density at radius 3 is 2.00 bits per heavy atom. The van der Waals surface area contributed by atoms with E-state index in [2.05, 4.69) is 6.92 Å². The number of benzene rings is 2. The molecule has 0 aliphatic heterocycles. The fourth-order valence-corrected chi connectivity index (χ4v) is 2.06. The molecular weight excluding hydrogens is 296 g/mol. The van der Waals surface area contributed by atoms with Crippen molar-refractivity contribution in [1.82, 2.24) is 0 Å². The molecule has 0 fully saturated rings. The average molecular weight is 312 g/mol. The Morgan fingerprint density at radius 2 is 1.45 bits per heavy atom. The molecule has 0 atom stereocenters. The SMILES string of the molecule is CCCCCc1ccc(Oc2c(F)c(F)cc(F)c2F)cc1. The zero-order valence-electron chi connectivity index (χ0n) is 12.1. The van der Waals surface area contributed by atoms with Gasteiger partial charge in [0, 0.05) is 6.07 Å². The molecule has 0 saturated carbocycles. The van der Waals surface area contributed by atoms with Gasteiger partial charge in [0.1, 0.15) is 5.75 Å². The number of halogens is 4. The highest BCUT2D eigenvalue weighted by molar-refractivity contribution is 5.35. The van der Waals surface area contributed by atoms with E-state index in [1.807, 2.05) is 0 Å². The van der Waals surface area contributed by atoms with Crippen LogP contribution >= 0.6 is 0 Å². The Morgan fingerprint density at radius 1 is 0.864 bits per heavy atom. The van der Waals surface area contributed by atoms with Crippen LogP contribution in [0.15, 0.2) is 30.3 Å². The molecule has 22 heavy (non-hydrogen) atoms. The topological polar surface area (TPSA) is 9.23 Å². The van der Waals surface area contributed by atoms with Crippen molar-refractivity contribution in [3.8, 4) is 11.5 Å². The van der Waals surface area contributed by atoms with Crippen LogP contribution < -0.4 is 4.74 Å². The van der Waals surface area contributed by atoms with Crippen molar-refractivity contribution in [2.75, 3.05) is 0 Å². The predicted molar refractivity (Wildman–Crippen MR) is 76.0 cm³/mol. The van der Waals surface area contributed by atoms with Crippen molar-refractivity contribution in [1.29, 1.82) is 0 Å². The number of unbranched alkanes of at least 4 members (excludes halogenated alkanes) is 2. The predicted octanol–water partition coefficient (Wildman–Crippen LogP) is 5.77. The van der Waals surface area contributed by atoms with Gasteiger partial charge in [0.2, 0.25) is 17.4 Å². The molecule has 0 amide bonds. The molecule has 1 nitrogen and oxygen atoms in total. The number of ether oxygens (including phenoxy) is 1. The van der Waals surface area contributed by atoms with Crippen molar-refractivity contribution in [3.63, 3.8) is 0 Å². The largest absolute Gasteiger partial charge is 0.451 e. The Bertz CT molecular complexity index is 612. The van der Waals surface area contributed by atoms with E-state index in [1.165, 1.54) is 12.1 Å². The van der Waals surface area contributed by atoms with Crippen LogP contribution in [0.2, 0.25) is 0 Å². The Balaban J connectivity index is 2.15. The number of hydrogen-bond donors (Lipinski definition) is 0. The van der Waals surface area contributed by atoms with Crippen LogP contribution in [0.4, 0.5) is 17.6 Å². The normalized spacial score (nSPS) is 10.8. The molecule has 0 unspecified atom stereocenters. The summed E-state index contributed by atoms with van der Waals surface area (Å²) in [6.45, 7) is 2.11. The maximum Gasteiger partial charge on any atom is 0.204 e. The highest BCUT2D eigenvalue weighted by Crippen LogP contribution is 2.31. The Kier molecular flexibility index (Phi) is 5.41. The summed E-state index contributed by atoms with van der Waals surface area (Å²) in [5.41, 5.74) is 1.06. The summed E-state index contributed by atoms with van der Waals surface area (Å²) in [7, 11) is 0. The molecule has 0 saturated heterocycles. The minimum Gasteiger partial charge on any atom is -0.451 e. The number of aryl methyl sites for hydroxylation is 1. The van der Waals surface area contributed by atoms with Crippen LogP contribution in [0, 0.1) is 23.3 Å². The molecule has 5 heteroatoms. The highest BCUT2D eigenvalue weighted by atomic mass is 19.2. The lowest BCUT2D eigenvalue weighted by atomic mass is 10.1. The van der Waals surface area contributed by atoms with Crippen LogP contribution in [0.5, 0.6) is 11.5 Å². The van der Waals surface area contributed by atoms with Gasteiger partial charge in [-0.15, -0.1) is 0 Å². The minimum absolute atomic E-state index is 0.113. The first-order valence-corrected chi connectivity index (χ1v) is 7.12. The monoisotopic (exact) mass is 312 g/mol. The third-order valence-corrected chi connectivity index (χ3v) is 3.28. The van der Waals surface area contributed by atoms with Crippen molar-refractivity contribution in [2.24, 2.45) is 0 Å². The van der Waals surface area contributed by atoms with Crippen molar-refractivity contribution in [3.05, 3.63) is 59.2 Å². The summed E-state index contributed by atoms with van der Waals surface area (Å²) < 4.78 is 58.2. The smallest absolute Gasteiger partial charge is 0.204 e. The summed E-state index contributed by atoms with van der Waals surface area (Å²) in [6.07, 6.45) is 4.18. The zero-order chi connectivity index (χ0) is 16.1. The summed E-state index contributed by atoms with van der Waals surface area (Å²) in [6, 6.07) is 6.70. The summed E-state index contributed by atoms with van der Waals surface area (Å²) in [5, 5.41) is 0. The molecule has 0 spiro atoms. The Labute approximate surface area is 126 Å². The fourth-order valence-electron chi connectivity index (χ4n) is 2.06. The van der Waals surface area contributed by atoms with Gasteiger partial charge in [-0.3, -0.25) is 0 Å². The first-order chi connectivity index (χ1) is 10.5. The van der Waals surface area contributed by atoms with E-state index in [9.17, 15) is 17.6 Å². The van der Waals surface area contributed by atoms with Crippen LogP contribution in [-0.2, 0) is 6.42 Å².